The maximum Gasteiger partial charge on any atom is 0.334 e. The molecule has 0 atom stereocenters. The van der Waals surface area contributed by atoms with Gasteiger partial charge in [-0.1, -0.05) is 13.5 Å². The van der Waals surface area contributed by atoms with Gasteiger partial charge in [0.2, 0.25) is 0 Å². The van der Waals surface area contributed by atoms with Gasteiger partial charge in [-0.15, -0.1) is 0 Å². The van der Waals surface area contributed by atoms with Crippen LogP contribution in [0.5, 0.6) is 0 Å². The van der Waals surface area contributed by atoms with E-state index in [1.807, 2.05) is 0 Å². The molecular formula is C9H12O5. The average molecular weight is 200 g/mol. The zero-order valence-corrected chi connectivity index (χ0v) is 7.91. The number of esters is 1. The second kappa shape index (κ2) is 5.90. The highest BCUT2D eigenvalue weighted by Gasteiger charge is 2.13. The highest BCUT2D eigenvalue weighted by Crippen LogP contribution is 2.01. The van der Waals surface area contributed by atoms with Crippen LogP contribution in [0.15, 0.2) is 12.2 Å². The molecule has 5 heteroatoms. The minimum Gasteiger partial charge on any atom is -0.481 e. The highest BCUT2D eigenvalue weighted by molar-refractivity contribution is 5.94. The van der Waals surface area contributed by atoms with Crippen molar-refractivity contribution in [1.29, 1.82) is 0 Å². The fourth-order valence-corrected chi connectivity index (χ4v) is 0.605. The van der Waals surface area contributed by atoms with E-state index in [1.165, 1.54) is 0 Å². The standard InChI is InChI=1S/C9H12O5/c1-3-7(10)5-14-9(13)6(2)4-8(11)12/h2-5H2,1H3,(H,11,12). The van der Waals surface area contributed by atoms with Gasteiger partial charge in [0.15, 0.2) is 5.78 Å². The molecule has 1 N–H and O–H groups in total. The summed E-state index contributed by atoms with van der Waals surface area (Å²) in [5.74, 6) is -2.22. The Morgan fingerprint density at radius 2 is 1.93 bits per heavy atom. The number of carbonyl (C=O) groups excluding carboxylic acids is 2. The Hall–Kier alpha value is -1.65. The molecule has 0 aromatic heterocycles. The number of ether oxygens (including phenoxy) is 1. The van der Waals surface area contributed by atoms with E-state index in [-0.39, 0.29) is 24.4 Å². The van der Waals surface area contributed by atoms with Crippen molar-refractivity contribution < 1.29 is 24.2 Å². The van der Waals surface area contributed by atoms with Crippen LogP contribution in [-0.4, -0.2) is 29.4 Å². The lowest BCUT2D eigenvalue weighted by atomic mass is 10.2. The first-order chi connectivity index (χ1) is 6.47. The number of hydrogen-bond donors (Lipinski definition) is 1. The van der Waals surface area contributed by atoms with Crippen LogP contribution in [0.4, 0.5) is 0 Å². The van der Waals surface area contributed by atoms with Crippen molar-refractivity contribution in [3.63, 3.8) is 0 Å². The lowest BCUT2D eigenvalue weighted by Crippen LogP contribution is -2.15. The molecule has 0 rings (SSSR count). The Morgan fingerprint density at radius 3 is 2.36 bits per heavy atom. The monoisotopic (exact) mass is 200 g/mol. The van der Waals surface area contributed by atoms with Crippen molar-refractivity contribution in [3.8, 4) is 0 Å². The second-order valence-corrected chi connectivity index (χ2v) is 2.64. The Morgan fingerprint density at radius 1 is 1.36 bits per heavy atom. The SMILES string of the molecule is C=C(CC(=O)O)C(=O)OCC(=O)CC. The largest absolute Gasteiger partial charge is 0.481 e. The smallest absolute Gasteiger partial charge is 0.334 e. The number of carboxylic acid groups (broad SMARTS) is 1. The molecule has 0 aliphatic heterocycles. The number of hydrogen-bond acceptors (Lipinski definition) is 4. The number of carbonyl (C=O) groups is 3. The zero-order chi connectivity index (χ0) is 11.1. The van der Waals surface area contributed by atoms with E-state index in [1.54, 1.807) is 6.92 Å². The molecule has 0 aromatic rings. The summed E-state index contributed by atoms with van der Waals surface area (Å²) in [4.78, 5) is 31.9. The fourth-order valence-electron chi connectivity index (χ4n) is 0.605. The first kappa shape index (κ1) is 12.3. The van der Waals surface area contributed by atoms with E-state index in [4.69, 9.17) is 5.11 Å². The Bertz CT molecular complexity index is 266. The molecule has 14 heavy (non-hydrogen) atoms. The van der Waals surface area contributed by atoms with Crippen LogP contribution in [0, 0.1) is 0 Å². The maximum absolute atomic E-state index is 11.0. The molecule has 0 aliphatic rings. The van der Waals surface area contributed by atoms with E-state index in [9.17, 15) is 14.4 Å². The van der Waals surface area contributed by atoms with Gasteiger partial charge in [0.1, 0.15) is 6.61 Å². The Balaban J connectivity index is 3.91. The van der Waals surface area contributed by atoms with Gasteiger partial charge in [0, 0.05) is 12.0 Å². The lowest BCUT2D eigenvalue weighted by molar-refractivity contribution is -0.145. The van der Waals surface area contributed by atoms with Crippen LogP contribution < -0.4 is 0 Å². The summed E-state index contributed by atoms with van der Waals surface area (Å²) in [5, 5.41) is 8.32. The molecule has 0 fully saturated rings. The van der Waals surface area contributed by atoms with Crippen molar-refractivity contribution >= 4 is 17.7 Å². The molecule has 0 bridgehead atoms. The van der Waals surface area contributed by atoms with Gasteiger partial charge >= 0.3 is 11.9 Å². The quantitative estimate of drug-likeness (QED) is 0.500. The molecule has 0 aliphatic carbocycles. The van der Waals surface area contributed by atoms with Crippen molar-refractivity contribution in [2.24, 2.45) is 0 Å². The Labute approximate surface area is 81.4 Å². The number of rotatable bonds is 6. The fraction of sp³-hybridized carbons (Fsp3) is 0.444. The summed E-state index contributed by atoms with van der Waals surface area (Å²) in [6.45, 7) is 4.55. The molecule has 0 unspecified atom stereocenters. The third-order valence-corrected chi connectivity index (χ3v) is 1.41. The molecular weight excluding hydrogens is 188 g/mol. The Kier molecular flexibility index (Phi) is 5.21. The average Bonchev–Trinajstić information content (AvgIpc) is 2.12. The van der Waals surface area contributed by atoms with Crippen LogP contribution in [0.3, 0.4) is 0 Å². The third-order valence-electron chi connectivity index (χ3n) is 1.41. The molecule has 0 saturated carbocycles. The van der Waals surface area contributed by atoms with Crippen LogP contribution in [0.2, 0.25) is 0 Å². The minimum atomic E-state index is -1.16. The van der Waals surface area contributed by atoms with Crippen LogP contribution >= 0.6 is 0 Å². The second-order valence-electron chi connectivity index (χ2n) is 2.64. The van der Waals surface area contributed by atoms with Crippen molar-refractivity contribution in [2.45, 2.75) is 19.8 Å². The maximum atomic E-state index is 11.0. The van der Waals surface area contributed by atoms with Gasteiger partial charge in [-0.05, 0) is 0 Å². The van der Waals surface area contributed by atoms with Crippen LogP contribution in [0.1, 0.15) is 19.8 Å². The topological polar surface area (TPSA) is 80.7 Å². The normalized spacial score (nSPS) is 9.21. The van der Waals surface area contributed by atoms with Crippen LogP contribution in [-0.2, 0) is 19.1 Å². The van der Waals surface area contributed by atoms with Gasteiger partial charge in [0.05, 0.1) is 6.42 Å². The van der Waals surface area contributed by atoms with Crippen molar-refractivity contribution in [3.05, 3.63) is 12.2 Å². The van der Waals surface area contributed by atoms with Crippen LogP contribution in [0.25, 0.3) is 0 Å². The zero-order valence-electron chi connectivity index (χ0n) is 7.91. The number of Topliss-reactive ketones (excluding diaryl/α,β-unsaturated/α-hetero) is 1. The summed E-state index contributed by atoms with van der Waals surface area (Å²) < 4.78 is 4.51. The summed E-state index contributed by atoms with van der Waals surface area (Å²) in [6.07, 6.45) is -0.197. The number of aliphatic carboxylic acids is 1. The molecule has 0 aromatic carbocycles. The minimum absolute atomic E-state index is 0.165. The summed E-state index contributed by atoms with van der Waals surface area (Å²) in [6, 6.07) is 0. The number of ketones is 1. The van der Waals surface area contributed by atoms with Crippen molar-refractivity contribution in [1.82, 2.24) is 0 Å². The number of carboxylic acids is 1. The predicted octanol–water partition coefficient (Wildman–Crippen LogP) is 0.540. The van der Waals surface area contributed by atoms with E-state index < -0.39 is 18.4 Å². The first-order valence-electron chi connectivity index (χ1n) is 4.05. The van der Waals surface area contributed by atoms with E-state index in [2.05, 4.69) is 11.3 Å². The molecule has 0 spiro atoms. The molecule has 0 amide bonds. The first-order valence-corrected chi connectivity index (χ1v) is 4.05. The van der Waals surface area contributed by atoms with E-state index in [0.717, 1.165) is 0 Å². The van der Waals surface area contributed by atoms with Gasteiger partial charge in [0.25, 0.3) is 0 Å². The highest BCUT2D eigenvalue weighted by atomic mass is 16.5. The molecule has 5 nitrogen and oxygen atoms in total. The van der Waals surface area contributed by atoms with Gasteiger partial charge in [-0.3, -0.25) is 9.59 Å². The predicted molar refractivity (Wildman–Crippen MR) is 47.6 cm³/mol. The third kappa shape index (κ3) is 5.08. The van der Waals surface area contributed by atoms with E-state index in [0.29, 0.717) is 0 Å². The molecule has 0 heterocycles. The van der Waals surface area contributed by atoms with Gasteiger partial charge in [-0.25, -0.2) is 4.79 Å². The summed E-state index contributed by atoms with van der Waals surface area (Å²) in [5.41, 5.74) is -0.165. The summed E-state index contributed by atoms with van der Waals surface area (Å²) in [7, 11) is 0. The molecule has 0 saturated heterocycles. The van der Waals surface area contributed by atoms with E-state index >= 15 is 0 Å². The van der Waals surface area contributed by atoms with Gasteiger partial charge in [-0.2, -0.15) is 0 Å². The molecule has 0 radical (unpaired) electrons. The lowest BCUT2D eigenvalue weighted by Gasteiger charge is -2.03. The summed E-state index contributed by atoms with van der Waals surface area (Å²) >= 11 is 0. The molecule has 78 valence electrons. The van der Waals surface area contributed by atoms with Crippen molar-refractivity contribution in [2.75, 3.05) is 6.61 Å². The van der Waals surface area contributed by atoms with Gasteiger partial charge < -0.3 is 9.84 Å².